The van der Waals surface area contributed by atoms with Gasteiger partial charge in [-0.15, -0.1) is 28.1 Å². The number of carbonyl (C=O) groups is 3. The minimum absolute atomic E-state index is 0. The summed E-state index contributed by atoms with van der Waals surface area (Å²) in [5.41, 5.74) is -0.0253. The number of hydrazine groups is 1. The van der Waals surface area contributed by atoms with Crippen molar-refractivity contribution in [2.24, 2.45) is 5.28 Å². The second-order valence-electron chi connectivity index (χ2n) is 6.70. The van der Waals surface area contributed by atoms with E-state index in [0.29, 0.717) is 18.1 Å². The number of thiophene rings is 1. The third-order valence-corrected chi connectivity index (χ3v) is 7.03. The zero-order valence-corrected chi connectivity index (χ0v) is 22.7. The van der Waals surface area contributed by atoms with Crippen molar-refractivity contribution >= 4 is 40.9 Å². The van der Waals surface area contributed by atoms with E-state index in [1.165, 1.54) is 28.1 Å². The van der Waals surface area contributed by atoms with Gasteiger partial charge in [-0.1, -0.05) is 6.07 Å². The van der Waals surface area contributed by atoms with Crippen molar-refractivity contribution in [3.63, 3.8) is 0 Å². The number of carboxylic acids is 1. The number of thioether (sulfide) groups is 1. The van der Waals surface area contributed by atoms with Crippen LogP contribution in [-0.2, 0) is 25.6 Å². The van der Waals surface area contributed by atoms with Gasteiger partial charge >= 0.3 is 51.4 Å². The quantitative estimate of drug-likeness (QED) is 0.115. The molecule has 3 heterocycles. The maximum absolute atomic E-state index is 12.6. The molecule has 2 aliphatic heterocycles. The third kappa shape index (κ3) is 6.04. The fourth-order valence-corrected chi connectivity index (χ4v) is 5.28. The standard InChI is InChI=1S/C18H23N5O6S2.K/c1-3-21(4-2)23(28)20-29-9-11-10-31-17-14(16(25)22(17)15(11)18(26)27)19-13(24)8-12-6-5-7-30-12;/h5-7,14,17H,3-4,8-10H2,1-2H3,(H,19,24)(H,26,27);/q;+1/p-1/b23-20-;/t14-,17-;/m1./s1. The number of hydrogen-bond acceptors (Lipinski definition) is 9. The first-order valence-electron chi connectivity index (χ1n) is 9.62. The normalized spacial score (nSPS) is 20.1. The first-order chi connectivity index (χ1) is 14.9. The van der Waals surface area contributed by atoms with Crippen LogP contribution in [0.25, 0.3) is 0 Å². The molecule has 11 nitrogen and oxygen atoms in total. The summed E-state index contributed by atoms with van der Waals surface area (Å²) in [6.45, 7) is 4.15. The topological polar surface area (TPSA) is 140 Å². The second kappa shape index (κ2) is 12.3. The number of carboxylic acid groups (broad SMARTS) is 1. The van der Waals surface area contributed by atoms with Crippen molar-refractivity contribution in [1.82, 2.24) is 15.2 Å². The van der Waals surface area contributed by atoms with E-state index in [9.17, 15) is 24.7 Å². The van der Waals surface area contributed by atoms with Crippen molar-refractivity contribution in [2.75, 3.05) is 25.4 Å². The average molecular weight is 508 g/mol. The average Bonchev–Trinajstić information content (AvgIpc) is 3.25. The summed E-state index contributed by atoms with van der Waals surface area (Å²) in [7, 11) is 0. The van der Waals surface area contributed by atoms with Gasteiger partial charge in [-0.3, -0.25) is 14.5 Å². The van der Waals surface area contributed by atoms with E-state index in [2.05, 4.69) is 10.6 Å². The number of carbonyl (C=O) groups excluding carboxylic acids is 3. The van der Waals surface area contributed by atoms with E-state index in [4.69, 9.17) is 4.84 Å². The van der Waals surface area contributed by atoms with Gasteiger partial charge in [0, 0.05) is 16.2 Å². The van der Waals surface area contributed by atoms with Crippen LogP contribution in [-0.4, -0.2) is 69.5 Å². The summed E-state index contributed by atoms with van der Waals surface area (Å²) >= 11 is 2.74. The molecule has 2 atom stereocenters. The fraction of sp³-hybridized carbons (Fsp3) is 0.500. The number of β-lactam (4-membered cyclic amide) rings is 1. The number of rotatable bonds is 10. The minimum Gasteiger partial charge on any atom is -0.569 e. The largest absolute Gasteiger partial charge is 1.00 e. The van der Waals surface area contributed by atoms with Gasteiger partial charge < -0.3 is 25.3 Å². The summed E-state index contributed by atoms with van der Waals surface area (Å²) < 4.78 is 0. The Morgan fingerprint density at radius 1 is 1.41 bits per heavy atom. The van der Waals surface area contributed by atoms with Gasteiger partial charge in [0.15, 0.2) is 0 Å². The van der Waals surface area contributed by atoms with Crippen molar-refractivity contribution in [3.8, 4) is 0 Å². The molecule has 3 rings (SSSR count). The zero-order chi connectivity index (χ0) is 22.5. The molecule has 1 saturated heterocycles. The minimum atomic E-state index is -1.52. The molecule has 0 bridgehead atoms. The maximum Gasteiger partial charge on any atom is 1.00 e. The van der Waals surface area contributed by atoms with Gasteiger partial charge in [0.2, 0.25) is 11.2 Å². The molecule has 1 aromatic rings. The predicted octanol–water partition coefficient (Wildman–Crippen LogP) is -3.15. The van der Waals surface area contributed by atoms with Gasteiger partial charge in [-0.05, 0) is 25.3 Å². The number of nitrogens with zero attached hydrogens (tertiary/aromatic N) is 4. The molecule has 168 valence electrons. The van der Waals surface area contributed by atoms with E-state index < -0.39 is 23.3 Å². The molecule has 0 spiro atoms. The predicted molar refractivity (Wildman–Crippen MR) is 110 cm³/mol. The molecule has 32 heavy (non-hydrogen) atoms. The van der Waals surface area contributed by atoms with Gasteiger partial charge in [-0.2, -0.15) is 0 Å². The zero-order valence-electron chi connectivity index (χ0n) is 18.0. The fourth-order valence-electron chi connectivity index (χ4n) is 3.25. The molecular weight excluding hydrogens is 485 g/mol. The summed E-state index contributed by atoms with van der Waals surface area (Å²) in [5, 5.41) is 32.3. The van der Waals surface area contributed by atoms with Crippen molar-refractivity contribution in [3.05, 3.63) is 38.9 Å². The van der Waals surface area contributed by atoms with Gasteiger partial charge in [-0.25, -0.2) is 0 Å². The molecule has 0 radical (unpaired) electrons. The van der Waals surface area contributed by atoms with Crippen LogP contribution in [0.15, 0.2) is 34.1 Å². The molecule has 0 aliphatic carbocycles. The molecule has 0 saturated carbocycles. The second-order valence-corrected chi connectivity index (χ2v) is 8.83. The number of hydrogen-bond donors (Lipinski definition) is 1. The Morgan fingerprint density at radius 3 is 2.72 bits per heavy atom. The van der Waals surface area contributed by atoms with Crippen LogP contribution >= 0.6 is 23.1 Å². The van der Waals surface area contributed by atoms with Crippen LogP contribution in [0.4, 0.5) is 0 Å². The van der Waals surface area contributed by atoms with Crippen LogP contribution in [0.1, 0.15) is 18.7 Å². The molecule has 1 aromatic heterocycles. The number of amides is 2. The molecule has 0 aromatic carbocycles. The van der Waals surface area contributed by atoms with Crippen LogP contribution in [0.3, 0.4) is 0 Å². The van der Waals surface area contributed by atoms with E-state index >= 15 is 0 Å². The van der Waals surface area contributed by atoms with E-state index in [1.54, 1.807) is 13.8 Å². The summed E-state index contributed by atoms with van der Waals surface area (Å²) in [5.74, 6) is -2.13. The first-order valence-corrected chi connectivity index (χ1v) is 11.5. The van der Waals surface area contributed by atoms with Crippen molar-refractivity contribution in [2.45, 2.75) is 31.7 Å². The Hall–Kier alpha value is -1.16. The first kappa shape index (κ1) is 27.1. The molecular formula is C18H22KN5O6S2. The number of aliphatic carboxylic acids is 1. The van der Waals surface area contributed by atoms with Crippen molar-refractivity contribution in [1.29, 1.82) is 0 Å². The Labute approximate surface area is 235 Å². The Kier molecular flexibility index (Phi) is 10.4. The maximum atomic E-state index is 12.6. The Balaban J connectivity index is 0.00000363. The van der Waals surface area contributed by atoms with E-state index in [-0.39, 0.29) is 87.3 Å². The Morgan fingerprint density at radius 2 is 2.12 bits per heavy atom. The smallest absolute Gasteiger partial charge is 0.569 e. The molecule has 1 N–H and O–H groups in total. The molecule has 2 amide bonds. The van der Waals surface area contributed by atoms with Gasteiger partial charge in [0.1, 0.15) is 18.0 Å². The number of fused-ring (bicyclic) bond motifs is 1. The Bertz CT molecular complexity index is 906. The molecule has 1 fully saturated rings. The molecule has 0 unspecified atom stereocenters. The third-order valence-electron chi connectivity index (χ3n) is 4.81. The summed E-state index contributed by atoms with van der Waals surface area (Å²) in [6, 6.07) is 2.85. The summed E-state index contributed by atoms with van der Waals surface area (Å²) in [4.78, 5) is 43.8. The van der Waals surface area contributed by atoms with Gasteiger partial charge in [0.05, 0.1) is 36.1 Å². The monoisotopic (exact) mass is 507 g/mol. The SMILES string of the molecule is CCN(CC)/[N+]([O-])=N/OCC1=C(C(=O)[O-])N2C(=O)[C@@H](NC(=O)Cc3cccs3)[C@H]2SC1.[K+]. The van der Waals surface area contributed by atoms with Crippen LogP contribution in [0.2, 0.25) is 0 Å². The van der Waals surface area contributed by atoms with E-state index in [1.807, 2.05) is 17.5 Å². The number of nitrogens with one attached hydrogen (secondary N) is 1. The van der Waals surface area contributed by atoms with E-state index in [0.717, 1.165) is 9.78 Å². The van der Waals surface area contributed by atoms with Crippen LogP contribution in [0.5, 0.6) is 0 Å². The molecule has 2 aliphatic rings. The van der Waals surface area contributed by atoms with Gasteiger partial charge in [0.25, 0.3) is 5.91 Å². The van der Waals surface area contributed by atoms with Crippen LogP contribution < -0.4 is 61.8 Å². The van der Waals surface area contributed by atoms with Crippen LogP contribution in [0, 0.1) is 5.21 Å². The molecule has 14 heteroatoms. The van der Waals surface area contributed by atoms with Crippen molar-refractivity contribution < 1.29 is 80.7 Å². The summed E-state index contributed by atoms with van der Waals surface area (Å²) in [6.07, 6.45) is 0.154.